The van der Waals surface area contributed by atoms with Crippen molar-refractivity contribution in [3.63, 3.8) is 0 Å². The first-order valence-corrected chi connectivity index (χ1v) is 29.5. The summed E-state index contributed by atoms with van der Waals surface area (Å²) in [5.41, 5.74) is 0. The van der Waals surface area contributed by atoms with Crippen molar-refractivity contribution in [3.8, 4) is 0 Å². The van der Waals surface area contributed by atoms with E-state index in [1.807, 2.05) is 0 Å². The highest BCUT2D eigenvalue weighted by Crippen LogP contribution is 2.14. The number of carbonyl (C=O) groups is 3. The maximum Gasteiger partial charge on any atom is 0.306 e. The van der Waals surface area contributed by atoms with E-state index in [1.54, 1.807) is 0 Å². The molecule has 1 atom stereocenters. The summed E-state index contributed by atoms with van der Waals surface area (Å²) in [4.78, 5) is 38.0. The van der Waals surface area contributed by atoms with Crippen molar-refractivity contribution in [3.05, 3.63) is 122 Å². The van der Waals surface area contributed by atoms with Crippen LogP contribution in [0.2, 0.25) is 0 Å². The standard InChI is InChI=1S/C66H108O6/c1-4-7-10-13-16-19-22-24-25-26-27-28-29-30-31-32-33-34-35-36-37-38-39-40-41-43-44-47-50-53-56-59-65(68)71-62-63(61-70-64(67)58-55-52-49-46-21-18-15-12-9-6-3)72-66(69)60-57-54-51-48-45-42-23-20-17-14-11-8-5-2/h7,10-12,14-16,19-20,23-25,27-28,30-31,33-34,36-37,63H,4-6,8-9,13,17-18,21-22,26,29,32,35,38-62H2,1-3H3/b10-7-,14-11-,15-12-,19-16-,23-20-,25-24-,28-27-,31-30-,34-33-,37-36-. The van der Waals surface area contributed by atoms with Gasteiger partial charge in [0.1, 0.15) is 13.2 Å². The molecule has 0 aliphatic rings. The van der Waals surface area contributed by atoms with Crippen LogP contribution >= 0.6 is 0 Å². The second-order valence-corrected chi connectivity index (χ2v) is 19.2. The zero-order chi connectivity index (χ0) is 52.2. The summed E-state index contributed by atoms with van der Waals surface area (Å²) in [5.74, 6) is -0.925. The fourth-order valence-electron chi connectivity index (χ4n) is 7.76. The first-order valence-electron chi connectivity index (χ1n) is 29.5. The highest BCUT2D eigenvalue weighted by Gasteiger charge is 2.19. The van der Waals surface area contributed by atoms with Gasteiger partial charge in [-0.2, -0.15) is 0 Å². The van der Waals surface area contributed by atoms with Gasteiger partial charge < -0.3 is 14.2 Å². The molecular weight excluding hydrogens is 889 g/mol. The maximum absolute atomic E-state index is 12.8. The monoisotopic (exact) mass is 997 g/mol. The van der Waals surface area contributed by atoms with Crippen LogP contribution in [0, 0.1) is 0 Å². The predicted molar refractivity (Wildman–Crippen MR) is 311 cm³/mol. The van der Waals surface area contributed by atoms with Crippen molar-refractivity contribution in [1.29, 1.82) is 0 Å². The Labute approximate surface area is 443 Å². The second-order valence-electron chi connectivity index (χ2n) is 19.2. The number of allylic oxidation sites excluding steroid dienone is 20. The highest BCUT2D eigenvalue weighted by molar-refractivity contribution is 5.71. The van der Waals surface area contributed by atoms with Gasteiger partial charge in [-0.3, -0.25) is 14.4 Å². The molecule has 1 unspecified atom stereocenters. The lowest BCUT2D eigenvalue weighted by molar-refractivity contribution is -0.167. The number of rotatable bonds is 52. The molecule has 0 aliphatic carbocycles. The molecule has 0 saturated heterocycles. The normalized spacial score (nSPS) is 13.0. The van der Waals surface area contributed by atoms with Gasteiger partial charge in [-0.1, -0.05) is 239 Å². The molecule has 72 heavy (non-hydrogen) atoms. The van der Waals surface area contributed by atoms with Gasteiger partial charge in [0.05, 0.1) is 0 Å². The molecule has 0 N–H and O–H groups in total. The van der Waals surface area contributed by atoms with Crippen molar-refractivity contribution in [2.45, 2.75) is 264 Å². The van der Waals surface area contributed by atoms with E-state index < -0.39 is 6.10 Å². The van der Waals surface area contributed by atoms with Crippen LogP contribution in [-0.4, -0.2) is 37.2 Å². The molecule has 0 spiro atoms. The molecule has 0 rings (SSSR count). The smallest absolute Gasteiger partial charge is 0.306 e. The Morgan fingerprint density at radius 1 is 0.292 bits per heavy atom. The van der Waals surface area contributed by atoms with E-state index in [0.717, 1.165) is 161 Å². The molecule has 6 nitrogen and oxygen atoms in total. The van der Waals surface area contributed by atoms with E-state index in [4.69, 9.17) is 14.2 Å². The Bertz CT molecular complexity index is 1520. The van der Waals surface area contributed by atoms with E-state index in [-0.39, 0.29) is 31.1 Å². The van der Waals surface area contributed by atoms with Crippen molar-refractivity contribution >= 4 is 17.9 Å². The molecule has 6 heteroatoms. The largest absolute Gasteiger partial charge is 0.462 e. The second kappa shape index (κ2) is 59.4. The van der Waals surface area contributed by atoms with Gasteiger partial charge in [-0.15, -0.1) is 0 Å². The lowest BCUT2D eigenvalue weighted by Gasteiger charge is -2.18. The fourth-order valence-corrected chi connectivity index (χ4v) is 7.76. The van der Waals surface area contributed by atoms with E-state index in [9.17, 15) is 14.4 Å². The van der Waals surface area contributed by atoms with Crippen LogP contribution in [0.3, 0.4) is 0 Å². The Kier molecular flexibility index (Phi) is 55.9. The molecule has 408 valence electrons. The van der Waals surface area contributed by atoms with Crippen molar-refractivity contribution in [2.75, 3.05) is 13.2 Å². The lowest BCUT2D eigenvalue weighted by atomic mass is 10.1. The minimum absolute atomic E-state index is 0.0915. The summed E-state index contributed by atoms with van der Waals surface area (Å²) in [7, 11) is 0. The van der Waals surface area contributed by atoms with E-state index in [1.165, 1.54) is 57.8 Å². The van der Waals surface area contributed by atoms with Crippen LogP contribution in [-0.2, 0) is 28.6 Å². The van der Waals surface area contributed by atoms with Crippen molar-refractivity contribution in [1.82, 2.24) is 0 Å². The summed E-state index contributed by atoms with van der Waals surface area (Å²) in [6, 6.07) is 0. The van der Waals surface area contributed by atoms with Crippen molar-refractivity contribution < 1.29 is 28.6 Å². The molecule has 0 aromatic carbocycles. The van der Waals surface area contributed by atoms with Gasteiger partial charge >= 0.3 is 17.9 Å². The molecule has 0 aliphatic heterocycles. The molecule has 0 fully saturated rings. The summed E-state index contributed by atoms with van der Waals surface area (Å²) >= 11 is 0. The number of hydrogen-bond acceptors (Lipinski definition) is 6. The lowest BCUT2D eigenvalue weighted by Crippen LogP contribution is -2.30. The summed E-state index contributed by atoms with van der Waals surface area (Å²) in [6.07, 6.45) is 82.1. The summed E-state index contributed by atoms with van der Waals surface area (Å²) in [5, 5.41) is 0. The number of unbranched alkanes of at least 4 members (excludes halogenated alkanes) is 21. The molecule has 0 bridgehead atoms. The Balaban J connectivity index is 4.21. The van der Waals surface area contributed by atoms with Crippen molar-refractivity contribution in [2.24, 2.45) is 0 Å². The number of carbonyl (C=O) groups excluding carboxylic acids is 3. The van der Waals surface area contributed by atoms with Crippen LogP contribution in [0.5, 0.6) is 0 Å². The summed E-state index contributed by atoms with van der Waals surface area (Å²) < 4.78 is 16.8. The Morgan fingerprint density at radius 3 is 0.875 bits per heavy atom. The third kappa shape index (κ3) is 56.7. The predicted octanol–water partition coefficient (Wildman–Crippen LogP) is 20.0. The van der Waals surface area contributed by atoms with E-state index in [0.29, 0.717) is 19.3 Å². The third-order valence-electron chi connectivity index (χ3n) is 12.1. The zero-order valence-electron chi connectivity index (χ0n) is 46.7. The van der Waals surface area contributed by atoms with Gasteiger partial charge in [0.2, 0.25) is 0 Å². The minimum atomic E-state index is -0.792. The first-order chi connectivity index (χ1) is 35.5. The number of esters is 3. The molecule has 0 aromatic heterocycles. The molecule has 0 saturated carbocycles. The first kappa shape index (κ1) is 67.8. The Morgan fingerprint density at radius 2 is 0.542 bits per heavy atom. The number of ether oxygens (including phenoxy) is 3. The van der Waals surface area contributed by atoms with E-state index >= 15 is 0 Å². The SMILES string of the molecule is CC/C=C\C/C=C\C/C=C\C/C=C\C/C=C\C/C=C\C/C=C\CCCCCCCCCCCC(=O)OCC(COC(=O)CCCCCCC/C=C\CCC)OC(=O)CCCCCCC/C=C\C/C=C\CCC. The molecular formula is C66H108O6. The van der Waals surface area contributed by atoms with Gasteiger partial charge in [-0.25, -0.2) is 0 Å². The van der Waals surface area contributed by atoms with Crippen LogP contribution in [0.4, 0.5) is 0 Å². The minimum Gasteiger partial charge on any atom is -0.462 e. The van der Waals surface area contributed by atoms with E-state index in [2.05, 4.69) is 142 Å². The number of hydrogen-bond donors (Lipinski definition) is 0. The van der Waals surface area contributed by atoms with Crippen LogP contribution in [0.1, 0.15) is 258 Å². The van der Waals surface area contributed by atoms with Crippen LogP contribution < -0.4 is 0 Å². The van der Waals surface area contributed by atoms with Gasteiger partial charge in [0.25, 0.3) is 0 Å². The van der Waals surface area contributed by atoms with Crippen LogP contribution in [0.25, 0.3) is 0 Å². The topological polar surface area (TPSA) is 78.9 Å². The quantitative estimate of drug-likeness (QED) is 0.0261. The summed E-state index contributed by atoms with van der Waals surface area (Å²) in [6.45, 7) is 6.37. The zero-order valence-corrected chi connectivity index (χ0v) is 46.7. The highest BCUT2D eigenvalue weighted by atomic mass is 16.6. The molecule has 0 radical (unpaired) electrons. The third-order valence-corrected chi connectivity index (χ3v) is 12.1. The average Bonchev–Trinajstić information content (AvgIpc) is 3.38. The molecule has 0 heterocycles. The molecule has 0 amide bonds. The average molecular weight is 998 g/mol. The van der Waals surface area contributed by atoms with Gasteiger partial charge in [-0.05, 0) is 122 Å². The molecule has 0 aromatic rings. The van der Waals surface area contributed by atoms with Gasteiger partial charge in [0.15, 0.2) is 6.10 Å². The van der Waals surface area contributed by atoms with Gasteiger partial charge in [0, 0.05) is 19.3 Å². The maximum atomic E-state index is 12.8. The fraction of sp³-hybridized carbons (Fsp3) is 0.652. The Hall–Kier alpha value is -4.19. The van der Waals surface area contributed by atoms with Crippen LogP contribution in [0.15, 0.2) is 122 Å².